The number of nitrogens with zero attached hydrogens (tertiary/aromatic N) is 1. The Morgan fingerprint density at radius 2 is 2.15 bits per heavy atom. The number of amides is 1. The zero-order valence-electron chi connectivity index (χ0n) is 10.8. The Kier molecular flexibility index (Phi) is 5.25. The highest BCUT2D eigenvalue weighted by Gasteiger charge is 2.19. The first-order valence-corrected chi connectivity index (χ1v) is 7.84. The van der Waals surface area contributed by atoms with Crippen molar-refractivity contribution in [3.63, 3.8) is 0 Å². The van der Waals surface area contributed by atoms with Gasteiger partial charge < -0.3 is 5.32 Å². The van der Waals surface area contributed by atoms with Crippen molar-refractivity contribution in [2.45, 2.75) is 30.9 Å². The smallest absolute Gasteiger partial charge is 0.292 e. The van der Waals surface area contributed by atoms with Crippen molar-refractivity contribution < 1.29 is 9.72 Å². The minimum atomic E-state index is -0.532. The fourth-order valence-corrected chi connectivity index (χ4v) is 3.50. The van der Waals surface area contributed by atoms with Crippen molar-refractivity contribution in [1.29, 1.82) is 0 Å². The molecule has 1 aliphatic carbocycles. The summed E-state index contributed by atoms with van der Waals surface area (Å²) in [6.07, 6.45) is 4.74. The van der Waals surface area contributed by atoms with E-state index >= 15 is 0 Å². The third-order valence-electron chi connectivity index (χ3n) is 3.18. The second-order valence-corrected chi connectivity index (χ2v) is 6.41. The quantitative estimate of drug-likeness (QED) is 0.661. The first-order chi connectivity index (χ1) is 9.56. The van der Waals surface area contributed by atoms with E-state index in [0.717, 1.165) is 12.8 Å². The van der Waals surface area contributed by atoms with Gasteiger partial charge >= 0.3 is 0 Å². The fraction of sp³-hybridized carbons (Fsp3) is 0.462. The van der Waals surface area contributed by atoms with Crippen LogP contribution in [0, 0.1) is 10.1 Å². The van der Waals surface area contributed by atoms with Crippen molar-refractivity contribution in [3.8, 4) is 0 Å². The van der Waals surface area contributed by atoms with Gasteiger partial charge in [-0.3, -0.25) is 14.9 Å². The third-order valence-corrected chi connectivity index (χ3v) is 4.79. The molecule has 0 atom stereocenters. The van der Waals surface area contributed by atoms with E-state index in [-0.39, 0.29) is 17.3 Å². The number of carbonyl (C=O) groups excluding carboxylic acids is 1. The van der Waals surface area contributed by atoms with Crippen LogP contribution in [0.15, 0.2) is 18.2 Å². The van der Waals surface area contributed by atoms with E-state index in [9.17, 15) is 14.9 Å². The molecule has 0 bridgehead atoms. The van der Waals surface area contributed by atoms with Gasteiger partial charge in [0.05, 0.1) is 10.7 Å². The first-order valence-electron chi connectivity index (χ1n) is 6.41. The van der Waals surface area contributed by atoms with Gasteiger partial charge in [-0.15, -0.1) is 11.8 Å². The van der Waals surface area contributed by atoms with Crippen LogP contribution in [-0.4, -0.2) is 21.8 Å². The molecular formula is C13H15ClN2O3S. The standard InChI is InChI=1S/C13H15ClN2O3S/c14-9-5-6-12(16(18)19)11(7-9)15-13(17)8-20-10-3-1-2-4-10/h5-7,10H,1-4,8H2,(H,15,17). The number of anilines is 1. The van der Waals surface area contributed by atoms with Crippen molar-refractivity contribution in [2.24, 2.45) is 0 Å². The number of hydrogen-bond donors (Lipinski definition) is 1. The molecule has 1 fully saturated rings. The molecule has 7 heteroatoms. The molecule has 108 valence electrons. The lowest BCUT2D eigenvalue weighted by Crippen LogP contribution is -2.16. The Labute approximate surface area is 126 Å². The highest BCUT2D eigenvalue weighted by Crippen LogP contribution is 2.30. The molecule has 0 saturated heterocycles. The molecule has 0 spiro atoms. The Balaban J connectivity index is 1.96. The molecule has 5 nitrogen and oxygen atoms in total. The summed E-state index contributed by atoms with van der Waals surface area (Å²) in [5.74, 6) is 0.0844. The maximum Gasteiger partial charge on any atom is 0.292 e. The summed E-state index contributed by atoms with van der Waals surface area (Å²) >= 11 is 7.42. The number of nitro benzene ring substituents is 1. The average molecular weight is 315 g/mol. The van der Waals surface area contributed by atoms with E-state index in [4.69, 9.17) is 11.6 Å². The lowest BCUT2D eigenvalue weighted by atomic mass is 10.2. The topological polar surface area (TPSA) is 72.2 Å². The largest absolute Gasteiger partial charge is 0.320 e. The van der Waals surface area contributed by atoms with E-state index in [1.54, 1.807) is 11.8 Å². The van der Waals surface area contributed by atoms with E-state index in [1.807, 2.05) is 0 Å². The number of nitrogens with one attached hydrogen (secondary N) is 1. The van der Waals surface area contributed by atoms with Crippen LogP contribution in [0.4, 0.5) is 11.4 Å². The van der Waals surface area contributed by atoms with Crippen LogP contribution in [0.1, 0.15) is 25.7 Å². The molecule has 1 amide bonds. The van der Waals surface area contributed by atoms with Gasteiger partial charge in [0.25, 0.3) is 5.69 Å². The molecule has 0 unspecified atom stereocenters. The van der Waals surface area contributed by atoms with Gasteiger partial charge in [0, 0.05) is 16.3 Å². The Morgan fingerprint density at radius 3 is 2.80 bits per heavy atom. The van der Waals surface area contributed by atoms with Crippen LogP contribution in [0.3, 0.4) is 0 Å². The molecule has 1 saturated carbocycles. The van der Waals surface area contributed by atoms with Crippen LogP contribution in [-0.2, 0) is 4.79 Å². The Morgan fingerprint density at radius 1 is 1.45 bits per heavy atom. The summed E-state index contributed by atoms with van der Waals surface area (Å²) in [4.78, 5) is 22.2. The van der Waals surface area contributed by atoms with Gasteiger partial charge in [-0.25, -0.2) is 0 Å². The van der Waals surface area contributed by atoms with Crippen molar-refractivity contribution in [1.82, 2.24) is 0 Å². The minimum Gasteiger partial charge on any atom is -0.320 e. The second-order valence-electron chi connectivity index (χ2n) is 4.68. The SMILES string of the molecule is O=C(CSC1CCCC1)Nc1cc(Cl)ccc1[N+](=O)[O-]. The molecule has 1 aliphatic rings. The molecule has 0 heterocycles. The number of hydrogen-bond acceptors (Lipinski definition) is 4. The van der Waals surface area contributed by atoms with Crippen molar-refractivity contribution in [2.75, 3.05) is 11.1 Å². The summed E-state index contributed by atoms with van der Waals surface area (Å²) in [5, 5.41) is 14.4. The molecule has 1 aromatic rings. The summed E-state index contributed by atoms with van der Waals surface area (Å²) in [7, 11) is 0. The zero-order valence-corrected chi connectivity index (χ0v) is 12.4. The molecule has 0 aliphatic heterocycles. The second kappa shape index (κ2) is 6.95. The van der Waals surface area contributed by atoms with E-state index in [0.29, 0.717) is 16.0 Å². The summed E-state index contributed by atoms with van der Waals surface area (Å²) in [5.41, 5.74) is 0.00754. The lowest BCUT2D eigenvalue weighted by molar-refractivity contribution is -0.383. The normalized spacial score (nSPS) is 15.2. The number of halogens is 1. The summed E-state index contributed by atoms with van der Waals surface area (Å²) < 4.78 is 0. The van der Waals surface area contributed by atoms with Crippen LogP contribution in [0.2, 0.25) is 5.02 Å². The maximum absolute atomic E-state index is 11.9. The highest BCUT2D eigenvalue weighted by molar-refractivity contribution is 8.00. The fourth-order valence-electron chi connectivity index (χ4n) is 2.20. The molecule has 2 rings (SSSR count). The third kappa shape index (κ3) is 4.11. The zero-order chi connectivity index (χ0) is 14.5. The average Bonchev–Trinajstić information content (AvgIpc) is 2.89. The van der Waals surface area contributed by atoms with Crippen molar-refractivity contribution in [3.05, 3.63) is 33.3 Å². The van der Waals surface area contributed by atoms with Crippen molar-refractivity contribution >= 4 is 40.6 Å². The first kappa shape index (κ1) is 15.1. The van der Waals surface area contributed by atoms with E-state index < -0.39 is 4.92 Å². The molecule has 1 N–H and O–H groups in total. The highest BCUT2D eigenvalue weighted by atomic mass is 35.5. The minimum absolute atomic E-state index is 0.145. The van der Waals surface area contributed by atoms with Gasteiger partial charge in [0.15, 0.2) is 0 Å². The number of rotatable bonds is 5. The van der Waals surface area contributed by atoms with Crippen LogP contribution >= 0.6 is 23.4 Å². The summed E-state index contributed by atoms with van der Waals surface area (Å²) in [6, 6.07) is 4.13. The monoisotopic (exact) mass is 314 g/mol. The Bertz CT molecular complexity index is 518. The van der Waals surface area contributed by atoms with E-state index in [2.05, 4.69) is 5.32 Å². The molecular weight excluding hydrogens is 300 g/mol. The van der Waals surface area contributed by atoms with Gasteiger partial charge in [0.1, 0.15) is 5.69 Å². The Hall–Kier alpha value is -1.27. The number of nitro groups is 1. The maximum atomic E-state index is 11.9. The molecule has 20 heavy (non-hydrogen) atoms. The number of thioether (sulfide) groups is 1. The summed E-state index contributed by atoms with van der Waals surface area (Å²) in [6.45, 7) is 0. The predicted molar refractivity (Wildman–Crippen MR) is 81.5 cm³/mol. The van der Waals surface area contributed by atoms with Crippen LogP contribution in [0.25, 0.3) is 0 Å². The van der Waals surface area contributed by atoms with Gasteiger partial charge in [0.2, 0.25) is 5.91 Å². The molecule has 0 aromatic heterocycles. The number of carbonyl (C=O) groups is 1. The van der Waals surface area contributed by atoms with Gasteiger partial charge in [-0.2, -0.15) is 0 Å². The predicted octanol–water partition coefficient (Wildman–Crippen LogP) is 3.86. The molecule has 1 aromatic carbocycles. The van der Waals surface area contributed by atoms with Crippen LogP contribution in [0.5, 0.6) is 0 Å². The lowest BCUT2D eigenvalue weighted by Gasteiger charge is -2.09. The number of benzene rings is 1. The molecule has 0 radical (unpaired) electrons. The van der Waals surface area contributed by atoms with E-state index in [1.165, 1.54) is 31.0 Å². The van der Waals surface area contributed by atoms with Gasteiger partial charge in [-0.1, -0.05) is 24.4 Å². The van der Waals surface area contributed by atoms with Crippen LogP contribution < -0.4 is 5.32 Å². The van der Waals surface area contributed by atoms with Gasteiger partial charge in [-0.05, 0) is 25.0 Å².